The van der Waals surface area contributed by atoms with Gasteiger partial charge in [0.05, 0.1) is 12.8 Å². The van der Waals surface area contributed by atoms with Crippen molar-refractivity contribution < 1.29 is 9.53 Å². The maximum absolute atomic E-state index is 12.4. The molecule has 0 aliphatic carbocycles. The van der Waals surface area contributed by atoms with E-state index in [4.69, 9.17) is 4.74 Å². The zero-order valence-corrected chi connectivity index (χ0v) is 11.6. The van der Waals surface area contributed by atoms with Gasteiger partial charge in [0, 0.05) is 23.4 Å². The summed E-state index contributed by atoms with van der Waals surface area (Å²) in [6.45, 7) is 5.81. The topological polar surface area (TPSA) is 31.2 Å². The summed E-state index contributed by atoms with van der Waals surface area (Å²) in [6.07, 6.45) is 0. The molecule has 1 heterocycles. The molecule has 2 rings (SSSR count). The van der Waals surface area contributed by atoms with Gasteiger partial charge in [-0.1, -0.05) is 20.8 Å². The van der Waals surface area contributed by atoms with Crippen molar-refractivity contribution in [3.05, 3.63) is 30.0 Å². The van der Waals surface area contributed by atoms with E-state index in [1.54, 1.807) is 7.11 Å². The highest BCUT2D eigenvalue weighted by molar-refractivity contribution is 6.03. The van der Waals surface area contributed by atoms with Crippen LogP contribution < -0.4 is 4.74 Å². The molecule has 0 N–H and O–H groups in total. The Morgan fingerprint density at radius 1 is 1.22 bits per heavy atom. The van der Waals surface area contributed by atoms with E-state index in [1.807, 2.05) is 56.7 Å². The van der Waals surface area contributed by atoms with Gasteiger partial charge in [0.15, 0.2) is 5.78 Å². The van der Waals surface area contributed by atoms with Gasteiger partial charge >= 0.3 is 0 Å². The summed E-state index contributed by atoms with van der Waals surface area (Å²) >= 11 is 0. The van der Waals surface area contributed by atoms with Crippen molar-refractivity contribution >= 4 is 16.7 Å². The summed E-state index contributed by atoms with van der Waals surface area (Å²) in [4.78, 5) is 12.4. The molecule has 0 spiro atoms. The molecule has 0 fully saturated rings. The number of Topliss-reactive ketones (excluding diaryl/α,β-unsaturated/α-hetero) is 1. The van der Waals surface area contributed by atoms with Gasteiger partial charge in [0.1, 0.15) is 5.75 Å². The third-order valence-corrected chi connectivity index (χ3v) is 3.16. The average Bonchev–Trinajstić information content (AvgIpc) is 2.64. The highest BCUT2D eigenvalue weighted by atomic mass is 16.5. The first-order valence-electron chi connectivity index (χ1n) is 6.03. The van der Waals surface area contributed by atoms with E-state index in [1.165, 1.54) is 0 Å². The molecule has 0 saturated carbocycles. The predicted octanol–water partition coefficient (Wildman–Crippen LogP) is 3.42. The van der Waals surface area contributed by atoms with Crippen molar-refractivity contribution in [2.45, 2.75) is 20.8 Å². The standard InChI is InChI=1S/C15H19NO2/c1-15(2,3)14(17)13-9-10-8-11(18-5)6-7-12(10)16(13)4/h6-9H,1-5H3. The summed E-state index contributed by atoms with van der Waals surface area (Å²) in [7, 11) is 3.57. The van der Waals surface area contributed by atoms with Crippen LogP contribution in [-0.4, -0.2) is 17.5 Å². The van der Waals surface area contributed by atoms with Gasteiger partial charge in [-0.3, -0.25) is 4.79 Å². The number of rotatable bonds is 2. The lowest BCUT2D eigenvalue weighted by Gasteiger charge is -2.16. The third kappa shape index (κ3) is 2.01. The van der Waals surface area contributed by atoms with Crippen LogP contribution >= 0.6 is 0 Å². The summed E-state index contributed by atoms with van der Waals surface area (Å²) in [5.74, 6) is 0.961. The van der Waals surface area contributed by atoms with Crippen LogP contribution in [0.25, 0.3) is 10.9 Å². The summed E-state index contributed by atoms with van der Waals surface area (Å²) < 4.78 is 7.15. The molecule has 0 atom stereocenters. The quantitative estimate of drug-likeness (QED) is 0.759. The van der Waals surface area contributed by atoms with Crippen LogP contribution in [0.15, 0.2) is 24.3 Å². The normalized spacial score (nSPS) is 11.8. The van der Waals surface area contributed by atoms with Gasteiger partial charge in [-0.2, -0.15) is 0 Å². The molecule has 0 amide bonds. The molecule has 3 heteroatoms. The Hall–Kier alpha value is -1.77. The van der Waals surface area contributed by atoms with Crippen LogP contribution in [0.5, 0.6) is 5.75 Å². The third-order valence-electron chi connectivity index (χ3n) is 3.16. The average molecular weight is 245 g/mol. The van der Waals surface area contributed by atoms with Crippen LogP contribution in [0.1, 0.15) is 31.3 Å². The van der Waals surface area contributed by atoms with Crippen LogP contribution in [0, 0.1) is 5.41 Å². The van der Waals surface area contributed by atoms with Gasteiger partial charge in [0.2, 0.25) is 0 Å². The van der Waals surface area contributed by atoms with Gasteiger partial charge in [-0.25, -0.2) is 0 Å². The van der Waals surface area contributed by atoms with Crippen molar-refractivity contribution in [2.24, 2.45) is 12.5 Å². The van der Waals surface area contributed by atoms with E-state index >= 15 is 0 Å². The van der Waals surface area contributed by atoms with Crippen molar-refractivity contribution in [2.75, 3.05) is 7.11 Å². The SMILES string of the molecule is COc1ccc2c(c1)cc(C(=O)C(C)(C)C)n2C. The number of ketones is 1. The molecule has 2 aromatic rings. The fourth-order valence-corrected chi connectivity index (χ4v) is 2.06. The number of benzene rings is 1. The van der Waals surface area contributed by atoms with E-state index in [2.05, 4.69) is 0 Å². The first kappa shape index (κ1) is 12.7. The molecular weight excluding hydrogens is 226 g/mol. The van der Waals surface area contributed by atoms with Gasteiger partial charge < -0.3 is 9.30 Å². The van der Waals surface area contributed by atoms with Crippen LogP contribution in [0.3, 0.4) is 0 Å². The monoisotopic (exact) mass is 245 g/mol. The number of hydrogen-bond donors (Lipinski definition) is 0. The minimum atomic E-state index is -0.369. The molecule has 0 unspecified atom stereocenters. The number of aromatic nitrogens is 1. The molecule has 3 nitrogen and oxygen atoms in total. The first-order chi connectivity index (χ1) is 8.34. The van der Waals surface area contributed by atoms with Crippen molar-refractivity contribution in [3.8, 4) is 5.75 Å². The lowest BCUT2D eigenvalue weighted by Crippen LogP contribution is -2.22. The Labute approximate surface area is 107 Å². The predicted molar refractivity (Wildman–Crippen MR) is 73.3 cm³/mol. The Bertz CT molecular complexity index is 603. The smallest absolute Gasteiger partial charge is 0.184 e. The molecule has 1 aromatic heterocycles. The number of ether oxygens (including phenoxy) is 1. The Balaban J connectivity index is 2.60. The largest absolute Gasteiger partial charge is 0.497 e. The molecule has 0 bridgehead atoms. The lowest BCUT2D eigenvalue weighted by molar-refractivity contribution is 0.0850. The molecule has 0 radical (unpaired) electrons. The van der Waals surface area contributed by atoms with Crippen molar-refractivity contribution in [1.29, 1.82) is 0 Å². The molecule has 0 aliphatic rings. The molecule has 18 heavy (non-hydrogen) atoms. The zero-order valence-electron chi connectivity index (χ0n) is 11.6. The molecule has 0 aliphatic heterocycles. The molecule has 96 valence electrons. The number of methoxy groups -OCH3 is 1. The van der Waals surface area contributed by atoms with Crippen molar-refractivity contribution in [3.63, 3.8) is 0 Å². The fourth-order valence-electron chi connectivity index (χ4n) is 2.06. The van der Waals surface area contributed by atoms with E-state index in [0.717, 1.165) is 22.3 Å². The minimum Gasteiger partial charge on any atom is -0.497 e. The summed E-state index contributed by atoms with van der Waals surface area (Å²) in [5, 5.41) is 1.03. The fraction of sp³-hybridized carbons (Fsp3) is 0.400. The van der Waals surface area contributed by atoms with Crippen LogP contribution in [0.4, 0.5) is 0 Å². The Morgan fingerprint density at radius 3 is 2.44 bits per heavy atom. The Morgan fingerprint density at radius 2 is 1.89 bits per heavy atom. The van der Waals surface area contributed by atoms with Crippen molar-refractivity contribution in [1.82, 2.24) is 4.57 Å². The Kier molecular flexibility index (Phi) is 2.93. The van der Waals surface area contributed by atoms with E-state index in [9.17, 15) is 4.79 Å². The second kappa shape index (κ2) is 4.16. The van der Waals surface area contributed by atoms with Crippen LogP contribution in [0.2, 0.25) is 0 Å². The summed E-state index contributed by atoms with van der Waals surface area (Å²) in [5.41, 5.74) is 1.42. The van der Waals surface area contributed by atoms with Gasteiger partial charge in [-0.15, -0.1) is 0 Å². The number of carbonyl (C=O) groups excluding carboxylic acids is 1. The maximum atomic E-state index is 12.4. The number of carbonyl (C=O) groups is 1. The van der Waals surface area contributed by atoms with E-state index < -0.39 is 0 Å². The first-order valence-corrected chi connectivity index (χ1v) is 6.03. The summed E-state index contributed by atoms with van der Waals surface area (Å²) in [6, 6.07) is 7.78. The number of nitrogens with zero attached hydrogens (tertiary/aromatic N) is 1. The molecular formula is C15H19NO2. The second-order valence-corrected chi connectivity index (χ2v) is 5.59. The van der Waals surface area contributed by atoms with E-state index in [0.29, 0.717) is 0 Å². The van der Waals surface area contributed by atoms with Gasteiger partial charge in [0.25, 0.3) is 0 Å². The lowest BCUT2D eigenvalue weighted by atomic mass is 9.89. The highest BCUT2D eigenvalue weighted by Gasteiger charge is 2.25. The van der Waals surface area contributed by atoms with E-state index in [-0.39, 0.29) is 11.2 Å². The van der Waals surface area contributed by atoms with Gasteiger partial charge in [-0.05, 0) is 24.3 Å². The molecule has 0 saturated heterocycles. The zero-order chi connectivity index (χ0) is 13.5. The maximum Gasteiger partial charge on any atom is 0.184 e. The molecule has 1 aromatic carbocycles. The number of hydrogen-bond acceptors (Lipinski definition) is 2. The highest BCUT2D eigenvalue weighted by Crippen LogP contribution is 2.28. The minimum absolute atomic E-state index is 0.153. The number of fused-ring (bicyclic) bond motifs is 1. The number of aryl methyl sites for hydroxylation is 1. The second-order valence-electron chi connectivity index (χ2n) is 5.59. The van der Waals surface area contributed by atoms with Crippen LogP contribution in [-0.2, 0) is 7.05 Å².